The zero-order chi connectivity index (χ0) is 19.3. The Labute approximate surface area is 167 Å². The quantitative estimate of drug-likeness (QED) is 0.532. The van der Waals surface area contributed by atoms with Gasteiger partial charge in [0.05, 0.1) is 0 Å². The van der Waals surface area contributed by atoms with E-state index in [2.05, 4.69) is 30.9 Å². The molecule has 2 saturated carbocycles. The van der Waals surface area contributed by atoms with Crippen molar-refractivity contribution in [2.45, 2.75) is 45.4 Å². The van der Waals surface area contributed by atoms with Crippen LogP contribution in [0, 0.1) is 52.7 Å². The molecule has 1 aromatic rings. The van der Waals surface area contributed by atoms with Crippen molar-refractivity contribution in [1.82, 2.24) is 0 Å². The van der Waals surface area contributed by atoms with Gasteiger partial charge in [-0.2, -0.15) is 0 Å². The third-order valence-corrected chi connectivity index (χ3v) is 7.90. The average molecular weight is 374 g/mol. The Bertz CT molecular complexity index is 912. The van der Waals surface area contributed by atoms with Gasteiger partial charge in [-0.05, 0) is 90.7 Å². The molecule has 144 valence electrons. The molecule has 1 nitrogen and oxygen atoms in total. The molecule has 2 fully saturated rings. The maximum atomic E-state index is 13.2. The number of halogens is 1. The van der Waals surface area contributed by atoms with E-state index in [1.54, 1.807) is 12.1 Å². The summed E-state index contributed by atoms with van der Waals surface area (Å²) in [4.78, 5) is 12.0. The van der Waals surface area contributed by atoms with E-state index in [9.17, 15) is 9.18 Å². The molecular formula is C26H27FO. The van der Waals surface area contributed by atoms with E-state index in [4.69, 9.17) is 0 Å². The highest BCUT2D eigenvalue weighted by molar-refractivity contribution is 5.92. The van der Waals surface area contributed by atoms with Gasteiger partial charge in [-0.3, -0.25) is 4.79 Å². The van der Waals surface area contributed by atoms with Crippen LogP contribution in [0.2, 0.25) is 0 Å². The second-order valence-electron chi connectivity index (χ2n) is 9.51. The fourth-order valence-electron chi connectivity index (χ4n) is 6.65. The van der Waals surface area contributed by atoms with Gasteiger partial charge >= 0.3 is 0 Å². The lowest BCUT2D eigenvalue weighted by molar-refractivity contribution is -0.115. The van der Waals surface area contributed by atoms with Crippen LogP contribution in [0.5, 0.6) is 0 Å². The van der Waals surface area contributed by atoms with Gasteiger partial charge in [0, 0.05) is 17.9 Å². The third kappa shape index (κ3) is 2.96. The van der Waals surface area contributed by atoms with Crippen molar-refractivity contribution < 1.29 is 9.18 Å². The number of hydrogen-bond donors (Lipinski definition) is 0. The first-order chi connectivity index (χ1) is 13.5. The first kappa shape index (κ1) is 17.9. The van der Waals surface area contributed by atoms with Crippen molar-refractivity contribution in [3.05, 3.63) is 59.4 Å². The van der Waals surface area contributed by atoms with Crippen LogP contribution in [0.25, 0.3) is 0 Å². The number of allylic oxidation sites excluding steroid dienone is 4. The molecule has 0 aromatic heterocycles. The van der Waals surface area contributed by atoms with Crippen LogP contribution in [0.4, 0.5) is 4.39 Å². The summed E-state index contributed by atoms with van der Waals surface area (Å²) in [6.07, 6.45) is 13.3. The predicted octanol–water partition coefficient (Wildman–Crippen LogP) is 5.71. The van der Waals surface area contributed by atoms with E-state index in [-0.39, 0.29) is 11.6 Å². The van der Waals surface area contributed by atoms with Gasteiger partial charge in [0.2, 0.25) is 0 Å². The summed E-state index contributed by atoms with van der Waals surface area (Å²) in [5.41, 5.74) is 2.49. The van der Waals surface area contributed by atoms with E-state index in [1.807, 2.05) is 6.08 Å². The fraction of sp³-hybridized carbons (Fsp3) is 0.500. The predicted molar refractivity (Wildman–Crippen MR) is 109 cm³/mol. The Kier molecular flexibility index (Phi) is 4.31. The zero-order valence-electron chi connectivity index (χ0n) is 16.5. The topological polar surface area (TPSA) is 17.1 Å². The molecule has 0 radical (unpaired) electrons. The first-order valence-corrected chi connectivity index (χ1v) is 10.7. The molecule has 6 atom stereocenters. The highest BCUT2D eigenvalue weighted by Crippen LogP contribution is 2.61. The molecule has 0 unspecified atom stereocenters. The number of rotatable bonds is 0. The van der Waals surface area contributed by atoms with Crippen LogP contribution in [-0.2, 0) is 4.79 Å². The second kappa shape index (κ2) is 6.73. The van der Waals surface area contributed by atoms with Gasteiger partial charge in [-0.1, -0.05) is 37.3 Å². The number of hydrogen-bond acceptors (Lipinski definition) is 1. The number of carbonyl (C=O) groups is 1. The van der Waals surface area contributed by atoms with Gasteiger partial charge < -0.3 is 0 Å². The Morgan fingerprint density at radius 2 is 2.00 bits per heavy atom. The summed E-state index contributed by atoms with van der Waals surface area (Å²) in [5, 5.41) is 0. The molecule has 4 aliphatic carbocycles. The van der Waals surface area contributed by atoms with Crippen molar-refractivity contribution >= 4 is 5.78 Å². The van der Waals surface area contributed by atoms with Gasteiger partial charge in [0.25, 0.3) is 0 Å². The molecule has 1 aromatic carbocycles. The first-order valence-electron chi connectivity index (χ1n) is 10.7. The summed E-state index contributed by atoms with van der Waals surface area (Å²) in [6.45, 7) is 2.47. The number of fused-ring (bicyclic) bond motifs is 5. The second-order valence-corrected chi connectivity index (χ2v) is 9.51. The Balaban J connectivity index is 1.54. The minimum absolute atomic E-state index is 0.219. The molecule has 0 heterocycles. The van der Waals surface area contributed by atoms with Crippen molar-refractivity contribution in [1.29, 1.82) is 0 Å². The summed E-state index contributed by atoms with van der Waals surface area (Å²) < 4.78 is 13.2. The normalized spacial score (nSPS) is 38.6. The Morgan fingerprint density at radius 3 is 2.82 bits per heavy atom. The molecule has 4 aliphatic rings. The summed E-state index contributed by atoms with van der Waals surface area (Å²) in [7, 11) is 0. The standard InChI is InChI=1S/C26H27FO/c1-26-14-2-3-24(26)23-12-8-18-15-21(28)11-13-22(18)25(23)19(16-26)7-4-17-5-9-20(27)10-6-17/h5-6,8-10,12,15,19,22-25H,2-3,11,13-14,16H2,1H3/t19-,22-,23-,24-,25+,26-/m0/s1. The molecule has 0 spiro atoms. The SMILES string of the molecule is C[C@@]12CCC[C@H]1[C@@H]1C=CC3=CC(=O)CC[C@@H]3[C@H]1[C@@H](C#Cc1ccc(F)cc1)C2. The number of ketones is 1. The van der Waals surface area contributed by atoms with Gasteiger partial charge in [-0.15, -0.1) is 0 Å². The van der Waals surface area contributed by atoms with Crippen molar-refractivity contribution in [2.75, 3.05) is 0 Å². The molecule has 0 amide bonds. The van der Waals surface area contributed by atoms with Gasteiger partial charge in [-0.25, -0.2) is 4.39 Å². The van der Waals surface area contributed by atoms with Gasteiger partial charge in [0.15, 0.2) is 5.78 Å². The number of carbonyl (C=O) groups excluding carboxylic acids is 1. The Morgan fingerprint density at radius 1 is 1.18 bits per heavy atom. The lowest BCUT2D eigenvalue weighted by atomic mass is 9.51. The van der Waals surface area contributed by atoms with Crippen molar-refractivity contribution in [3.8, 4) is 11.8 Å². The van der Waals surface area contributed by atoms with Crippen molar-refractivity contribution in [3.63, 3.8) is 0 Å². The summed E-state index contributed by atoms with van der Waals surface area (Å²) in [5.74, 6) is 9.64. The monoisotopic (exact) mass is 374 g/mol. The lowest BCUT2D eigenvalue weighted by Gasteiger charge is -2.53. The lowest BCUT2D eigenvalue weighted by Crippen LogP contribution is -2.47. The molecule has 28 heavy (non-hydrogen) atoms. The minimum Gasteiger partial charge on any atom is -0.295 e. The molecular weight excluding hydrogens is 347 g/mol. The zero-order valence-corrected chi connectivity index (χ0v) is 16.5. The molecule has 0 N–H and O–H groups in total. The molecule has 2 heteroatoms. The average Bonchev–Trinajstić information content (AvgIpc) is 3.08. The maximum Gasteiger partial charge on any atom is 0.155 e. The maximum absolute atomic E-state index is 13.2. The van der Waals surface area contributed by atoms with Crippen LogP contribution in [-0.4, -0.2) is 5.78 Å². The largest absolute Gasteiger partial charge is 0.295 e. The smallest absolute Gasteiger partial charge is 0.155 e. The highest BCUT2D eigenvalue weighted by Gasteiger charge is 2.54. The minimum atomic E-state index is -0.219. The molecule has 5 rings (SSSR count). The van der Waals surface area contributed by atoms with E-state index in [0.717, 1.165) is 24.3 Å². The van der Waals surface area contributed by atoms with E-state index >= 15 is 0 Å². The van der Waals surface area contributed by atoms with Crippen LogP contribution in [0.3, 0.4) is 0 Å². The molecule has 0 bridgehead atoms. The fourth-order valence-corrected chi connectivity index (χ4v) is 6.65. The molecule has 0 saturated heterocycles. The summed E-state index contributed by atoms with van der Waals surface area (Å²) >= 11 is 0. The van der Waals surface area contributed by atoms with Crippen LogP contribution in [0.1, 0.15) is 51.0 Å². The van der Waals surface area contributed by atoms with Crippen LogP contribution in [0.15, 0.2) is 48.1 Å². The van der Waals surface area contributed by atoms with Crippen molar-refractivity contribution in [2.24, 2.45) is 35.0 Å². The van der Waals surface area contributed by atoms with E-state index < -0.39 is 0 Å². The van der Waals surface area contributed by atoms with Crippen LogP contribution < -0.4 is 0 Å². The molecule has 0 aliphatic heterocycles. The van der Waals surface area contributed by atoms with E-state index in [1.165, 1.54) is 37.0 Å². The highest BCUT2D eigenvalue weighted by atomic mass is 19.1. The summed E-state index contributed by atoms with van der Waals surface area (Å²) in [6, 6.07) is 6.51. The Hall–Kier alpha value is -2.14. The van der Waals surface area contributed by atoms with Crippen LogP contribution >= 0.6 is 0 Å². The van der Waals surface area contributed by atoms with Gasteiger partial charge in [0.1, 0.15) is 5.82 Å². The van der Waals surface area contributed by atoms with E-state index in [0.29, 0.717) is 35.5 Å². The number of benzene rings is 1. The third-order valence-electron chi connectivity index (χ3n) is 7.90.